The van der Waals surface area contributed by atoms with Crippen LogP contribution in [0.25, 0.3) is 0 Å². The van der Waals surface area contributed by atoms with E-state index in [2.05, 4.69) is 10.6 Å². The van der Waals surface area contributed by atoms with E-state index in [0.29, 0.717) is 17.0 Å². The van der Waals surface area contributed by atoms with E-state index in [1.54, 1.807) is 36.4 Å². The summed E-state index contributed by atoms with van der Waals surface area (Å²) in [6.07, 6.45) is 0.860. The van der Waals surface area contributed by atoms with E-state index in [-0.39, 0.29) is 24.5 Å². The molecule has 0 aromatic heterocycles. The summed E-state index contributed by atoms with van der Waals surface area (Å²) in [5, 5.41) is 5.63. The number of ether oxygens (including phenoxy) is 1. The minimum Gasteiger partial charge on any atom is -0.484 e. The SMILES string of the molecule is CC[C@H](C)NC(=O)c1cccc(NC(=O)COc2ccccc2)c1. The molecule has 5 nitrogen and oxygen atoms in total. The molecule has 2 amide bonds. The van der Waals surface area contributed by atoms with E-state index >= 15 is 0 Å². The molecule has 0 aliphatic carbocycles. The van der Waals surface area contributed by atoms with Crippen LogP contribution < -0.4 is 15.4 Å². The Hall–Kier alpha value is -2.82. The first-order valence-electron chi connectivity index (χ1n) is 7.97. The molecular formula is C19H22N2O3. The Balaban J connectivity index is 1.91. The summed E-state index contributed by atoms with van der Waals surface area (Å²) >= 11 is 0. The number of anilines is 1. The largest absolute Gasteiger partial charge is 0.484 e. The van der Waals surface area contributed by atoms with E-state index in [1.165, 1.54) is 0 Å². The molecule has 1 atom stereocenters. The van der Waals surface area contributed by atoms with Crippen LogP contribution in [-0.2, 0) is 4.79 Å². The fraction of sp³-hybridized carbons (Fsp3) is 0.263. The number of benzene rings is 2. The van der Waals surface area contributed by atoms with Crippen molar-refractivity contribution in [3.8, 4) is 5.75 Å². The average molecular weight is 326 g/mol. The Morgan fingerprint density at radius 2 is 1.83 bits per heavy atom. The monoisotopic (exact) mass is 326 g/mol. The van der Waals surface area contributed by atoms with Crippen molar-refractivity contribution in [3.63, 3.8) is 0 Å². The van der Waals surface area contributed by atoms with Crippen LogP contribution in [0.1, 0.15) is 30.6 Å². The van der Waals surface area contributed by atoms with Gasteiger partial charge < -0.3 is 15.4 Å². The third-order valence-electron chi connectivity index (χ3n) is 3.51. The minimum atomic E-state index is -0.279. The first kappa shape index (κ1) is 17.5. The number of rotatable bonds is 7. The molecule has 0 bridgehead atoms. The minimum absolute atomic E-state index is 0.0900. The molecule has 0 aliphatic rings. The third-order valence-corrected chi connectivity index (χ3v) is 3.51. The Labute approximate surface area is 142 Å². The van der Waals surface area contributed by atoms with E-state index in [1.807, 2.05) is 32.0 Å². The molecule has 2 aromatic rings. The van der Waals surface area contributed by atoms with Crippen molar-refractivity contribution < 1.29 is 14.3 Å². The molecule has 0 radical (unpaired) electrons. The van der Waals surface area contributed by atoms with Gasteiger partial charge in [-0.2, -0.15) is 0 Å². The van der Waals surface area contributed by atoms with Crippen molar-refractivity contribution in [2.45, 2.75) is 26.3 Å². The number of hydrogen-bond donors (Lipinski definition) is 2. The smallest absolute Gasteiger partial charge is 0.262 e. The molecule has 0 saturated carbocycles. The maximum Gasteiger partial charge on any atom is 0.262 e. The summed E-state index contributed by atoms with van der Waals surface area (Å²) in [7, 11) is 0. The number of nitrogens with one attached hydrogen (secondary N) is 2. The number of carbonyl (C=O) groups excluding carboxylic acids is 2. The molecule has 0 heterocycles. The first-order chi connectivity index (χ1) is 11.6. The lowest BCUT2D eigenvalue weighted by atomic mass is 10.1. The molecule has 0 unspecified atom stereocenters. The van der Waals surface area contributed by atoms with Gasteiger partial charge in [0.25, 0.3) is 11.8 Å². The average Bonchev–Trinajstić information content (AvgIpc) is 2.61. The van der Waals surface area contributed by atoms with Crippen LogP contribution in [0.2, 0.25) is 0 Å². The zero-order valence-electron chi connectivity index (χ0n) is 13.9. The molecule has 5 heteroatoms. The van der Waals surface area contributed by atoms with Crippen LogP contribution in [0.3, 0.4) is 0 Å². The molecule has 0 aliphatic heterocycles. The molecule has 2 rings (SSSR count). The fourth-order valence-corrected chi connectivity index (χ4v) is 2.01. The van der Waals surface area contributed by atoms with Crippen LogP contribution in [0.15, 0.2) is 54.6 Å². The molecule has 0 fully saturated rings. The summed E-state index contributed by atoms with van der Waals surface area (Å²) in [6.45, 7) is 3.87. The van der Waals surface area contributed by atoms with Gasteiger partial charge in [0.05, 0.1) is 0 Å². The van der Waals surface area contributed by atoms with Gasteiger partial charge in [0, 0.05) is 17.3 Å². The van der Waals surface area contributed by atoms with E-state index in [9.17, 15) is 9.59 Å². The van der Waals surface area contributed by atoms with Crippen LogP contribution in [0.5, 0.6) is 5.75 Å². The van der Waals surface area contributed by atoms with Gasteiger partial charge in [-0.3, -0.25) is 9.59 Å². The van der Waals surface area contributed by atoms with Crippen LogP contribution >= 0.6 is 0 Å². The summed E-state index contributed by atoms with van der Waals surface area (Å²) in [5.74, 6) is 0.202. The zero-order chi connectivity index (χ0) is 17.4. The topological polar surface area (TPSA) is 67.4 Å². The molecule has 24 heavy (non-hydrogen) atoms. The van der Waals surface area contributed by atoms with Gasteiger partial charge in [-0.25, -0.2) is 0 Å². The van der Waals surface area contributed by atoms with Crippen molar-refractivity contribution in [2.24, 2.45) is 0 Å². The second kappa shape index (κ2) is 8.72. The molecule has 0 saturated heterocycles. The van der Waals surface area contributed by atoms with Crippen molar-refractivity contribution in [2.75, 3.05) is 11.9 Å². The summed E-state index contributed by atoms with van der Waals surface area (Å²) < 4.78 is 5.39. The van der Waals surface area contributed by atoms with Crippen molar-refractivity contribution in [3.05, 3.63) is 60.2 Å². The maximum atomic E-state index is 12.1. The van der Waals surface area contributed by atoms with Crippen molar-refractivity contribution in [1.29, 1.82) is 0 Å². The van der Waals surface area contributed by atoms with E-state index in [0.717, 1.165) is 6.42 Å². The van der Waals surface area contributed by atoms with E-state index < -0.39 is 0 Å². The second-order valence-corrected chi connectivity index (χ2v) is 5.51. The molecule has 126 valence electrons. The normalized spacial score (nSPS) is 11.4. The van der Waals surface area contributed by atoms with Crippen LogP contribution in [0, 0.1) is 0 Å². The predicted molar refractivity (Wildman–Crippen MR) is 94.2 cm³/mol. The molecular weight excluding hydrogens is 304 g/mol. The lowest BCUT2D eigenvalue weighted by molar-refractivity contribution is -0.118. The lowest BCUT2D eigenvalue weighted by Gasteiger charge is -2.12. The molecule has 2 aromatic carbocycles. The summed E-state index contributed by atoms with van der Waals surface area (Å²) in [4.78, 5) is 24.1. The van der Waals surface area contributed by atoms with Gasteiger partial charge in [0.2, 0.25) is 0 Å². The van der Waals surface area contributed by atoms with Gasteiger partial charge >= 0.3 is 0 Å². The van der Waals surface area contributed by atoms with Gasteiger partial charge in [-0.05, 0) is 43.7 Å². The van der Waals surface area contributed by atoms with Crippen LogP contribution in [-0.4, -0.2) is 24.5 Å². The lowest BCUT2D eigenvalue weighted by Crippen LogP contribution is -2.32. The van der Waals surface area contributed by atoms with Gasteiger partial charge in [-0.15, -0.1) is 0 Å². The second-order valence-electron chi connectivity index (χ2n) is 5.51. The Kier molecular flexibility index (Phi) is 6.37. The molecule has 2 N–H and O–H groups in total. The zero-order valence-corrected chi connectivity index (χ0v) is 13.9. The highest BCUT2D eigenvalue weighted by Crippen LogP contribution is 2.12. The van der Waals surface area contributed by atoms with Gasteiger partial charge in [-0.1, -0.05) is 31.2 Å². The standard InChI is InChI=1S/C19H22N2O3/c1-3-14(2)20-19(23)15-8-7-9-16(12-15)21-18(22)13-24-17-10-5-4-6-11-17/h4-12,14H,3,13H2,1-2H3,(H,20,23)(H,21,22)/t14-/m0/s1. The first-order valence-corrected chi connectivity index (χ1v) is 7.97. The highest BCUT2D eigenvalue weighted by atomic mass is 16.5. The van der Waals surface area contributed by atoms with Crippen molar-refractivity contribution >= 4 is 17.5 Å². The van der Waals surface area contributed by atoms with E-state index in [4.69, 9.17) is 4.74 Å². The summed E-state index contributed by atoms with van der Waals surface area (Å²) in [5.41, 5.74) is 1.07. The molecule has 0 spiro atoms. The quantitative estimate of drug-likeness (QED) is 0.821. The Bertz CT molecular complexity index is 686. The highest BCUT2D eigenvalue weighted by molar-refractivity contribution is 5.97. The maximum absolute atomic E-state index is 12.1. The number of amides is 2. The summed E-state index contributed by atoms with van der Waals surface area (Å²) in [6, 6.07) is 16.1. The predicted octanol–water partition coefficient (Wildman–Crippen LogP) is 3.23. The number of hydrogen-bond acceptors (Lipinski definition) is 3. The number of carbonyl (C=O) groups is 2. The fourth-order valence-electron chi connectivity index (χ4n) is 2.01. The third kappa shape index (κ3) is 5.43. The van der Waals surface area contributed by atoms with Crippen LogP contribution in [0.4, 0.5) is 5.69 Å². The number of para-hydroxylation sites is 1. The Morgan fingerprint density at radius 3 is 2.54 bits per heavy atom. The highest BCUT2D eigenvalue weighted by Gasteiger charge is 2.10. The van der Waals surface area contributed by atoms with Gasteiger partial charge in [0.1, 0.15) is 5.75 Å². The van der Waals surface area contributed by atoms with Gasteiger partial charge in [0.15, 0.2) is 6.61 Å². The Morgan fingerprint density at radius 1 is 1.08 bits per heavy atom. The van der Waals surface area contributed by atoms with Crippen molar-refractivity contribution in [1.82, 2.24) is 5.32 Å².